The summed E-state index contributed by atoms with van der Waals surface area (Å²) in [6.07, 6.45) is 3.95. The molecule has 112 valence electrons. The fraction of sp³-hybridized carbons (Fsp3) is 0.375. The number of aromatic nitrogens is 1. The molecule has 0 fully saturated rings. The van der Waals surface area contributed by atoms with Crippen molar-refractivity contribution >= 4 is 34.1 Å². The average Bonchev–Trinajstić information content (AvgIpc) is 2.45. The second-order valence-corrected chi connectivity index (χ2v) is 5.73. The first-order valence-electron chi connectivity index (χ1n) is 7.14. The predicted molar refractivity (Wildman–Crippen MR) is 87.5 cm³/mol. The van der Waals surface area contributed by atoms with Crippen LogP contribution < -0.4 is 11.1 Å². The fourth-order valence-corrected chi connectivity index (χ4v) is 2.50. The smallest absolute Gasteiger partial charge is 0.224 e. The lowest BCUT2D eigenvalue weighted by molar-refractivity contribution is -0.116. The Morgan fingerprint density at radius 2 is 2.24 bits per heavy atom. The number of halogens is 1. The van der Waals surface area contributed by atoms with Gasteiger partial charge in [-0.3, -0.25) is 9.78 Å². The highest BCUT2D eigenvalue weighted by molar-refractivity contribution is 6.32. The van der Waals surface area contributed by atoms with Gasteiger partial charge in [-0.1, -0.05) is 24.6 Å². The first kappa shape index (κ1) is 15.7. The van der Waals surface area contributed by atoms with E-state index in [2.05, 4.69) is 17.2 Å². The van der Waals surface area contributed by atoms with Gasteiger partial charge in [-0.2, -0.15) is 0 Å². The number of pyridine rings is 1. The Balaban J connectivity index is 2.07. The van der Waals surface area contributed by atoms with Crippen molar-refractivity contribution in [2.24, 2.45) is 11.7 Å². The monoisotopic (exact) mass is 305 g/mol. The third-order valence-electron chi connectivity index (χ3n) is 3.47. The van der Waals surface area contributed by atoms with Crippen molar-refractivity contribution in [2.75, 3.05) is 11.9 Å². The Kier molecular flexibility index (Phi) is 5.53. The van der Waals surface area contributed by atoms with Crippen molar-refractivity contribution in [2.45, 2.75) is 26.2 Å². The summed E-state index contributed by atoms with van der Waals surface area (Å²) in [6, 6.07) is 7.34. The van der Waals surface area contributed by atoms with E-state index >= 15 is 0 Å². The lowest BCUT2D eigenvalue weighted by Gasteiger charge is -2.11. The molecule has 0 spiro atoms. The summed E-state index contributed by atoms with van der Waals surface area (Å²) in [4.78, 5) is 16.4. The molecule has 0 saturated heterocycles. The van der Waals surface area contributed by atoms with Crippen LogP contribution in [0.2, 0.25) is 5.02 Å². The van der Waals surface area contributed by atoms with Crippen LogP contribution in [0.15, 0.2) is 30.5 Å². The lowest BCUT2D eigenvalue weighted by atomic mass is 10.0. The summed E-state index contributed by atoms with van der Waals surface area (Å²) >= 11 is 6.08. The standard InChI is InChI=1S/C16H20ClN3O/c1-11(6-7-18)4-5-15(21)20-14-10-13(17)9-12-3-2-8-19-16(12)14/h2-3,8-11H,4-7,18H2,1H3,(H,20,21). The van der Waals surface area contributed by atoms with Crippen molar-refractivity contribution in [1.29, 1.82) is 0 Å². The molecular weight excluding hydrogens is 286 g/mol. The highest BCUT2D eigenvalue weighted by Gasteiger charge is 2.10. The molecular formula is C16H20ClN3O. The average molecular weight is 306 g/mol. The van der Waals surface area contributed by atoms with Crippen molar-refractivity contribution < 1.29 is 4.79 Å². The molecule has 0 bridgehead atoms. The van der Waals surface area contributed by atoms with Crippen LogP contribution in [0.1, 0.15) is 26.2 Å². The van der Waals surface area contributed by atoms with Crippen molar-refractivity contribution in [3.05, 3.63) is 35.5 Å². The number of carbonyl (C=O) groups excluding carboxylic acids is 1. The number of nitrogens with two attached hydrogens (primary N) is 1. The number of benzene rings is 1. The van der Waals surface area contributed by atoms with Crippen LogP contribution in [0.5, 0.6) is 0 Å². The molecule has 5 heteroatoms. The van der Waals surface area contributed by atoms with Gasteiger partial charge >= 0.3 is 0 Å². The summed E-state index contributed by atoms with van der Waals surface area (Å²) in [5.41, 5.74) is 6.93. The van der Waals surface area contributed by atoms with Gasteiger partial charge in [-0.15, -0.1) is 0 Å². The topological polar surface area (TPSA) is 68.0 Å². The van der Waals surface area contributed by atoms with E-state index in [1.54, 1.807) is 12.3 Å². The highest BCUT2D eigenvalue weighted by Crippen LogP contribution is 2.26. The van der Waals surface area contributed by atoms with Gasteiger partial charge in [0.1, 0.15) is 0 Å². The Morgan fingerprint density at radius 1 is 1.43 bits per heavy atom. The van der Waals surface area contributed by atoms with Gasteiger partial charge in [0.25, 0.3) is 0 Å². The number of rotatable bonds is 6. The minimum absolute atomic E-state index is 0.0203. The summed E-state index contributed by atoms with van der Waals surface area (Å²) in [5, 5.41) is 4.41. The second-order valence-electron chi connectivity index (χ2n) is 5.30. The van der Waals surface area contributed by atoms with Crippen molar-refractivity contribution in [3.63, 3.8) is 0 Å². The van der Waals surface area contributed by atoms with Gasteiger partial charge in [0.2, 0.25) is 5.91 Å². The van der Waals surface area contributed by atoms with Gasteiger partial charge < -0.3 is 11.1 Å². The van der Waals surface area contributed by atoms with E-state index < -0.39 is 0 Å². The minimum atomic E-state index is -0.0203. The molecule has 1 amide bonds. The van der Waals surface area contributed by atoms with E-state index in [9.17, 15) is 4.79 Å². The van der Waals surface area contributed by atoms with E-state index in [0.29, 0.717) is 29.6 Å². The number of fused-ring (bicyclic) bond motifs is 1. The van der Waals surface area contributed by atoms with E-state index in [1.165, 1.54) is 0 Å². The molecule has 2 aromatic rings. The number of amides is 1. The summed E-state index contributed by atoms with van der Waals surface area (Å²) in [7, 11) is 0. The lowest BCUT2D eigenvalue weighted by Crippen LogP contribution is -2.14. The maximum atomic E-state index is 12.1. The number of hydrogen-bond acceptors (Lipinski definition) is 3. The molecule has 0 aliphatic heterocycles. The van der Waals surface area contributed by atoms with Crippen LogP contribution in [-0.4, -0.2) is 17.4 Å². The molecule has 1 heterocycles. The Morgan fingerprint density at radius 3 is 3.00 bits per heavy atom. The Labute approximate surface area is 129 Å². The molecule has 2 rings (SSSR count). The largest absolute Gasteiger partial charge is 0.330 e. The Hall–Kier alpha value is -1.65. The molecule has 1 aromatic heterocycles. The van der Waals surface area contributed by atoms with Crippen molar-refractivity contribution in [3.8, 4) is 0 Å². The predicted octanol–water partition coefficient (Wildman–Crippen LogP) is 3.59. The molecule has 0 saturated carbocycles. The zero-order valence-electron chi connectivity index (χ0n) is 12.1. The first-order chi connectivity index (χ1) is 10.1. The van der Waals surface area contributed by atoms with Crippen LogP contribution in [0.25, 0.3) is 10.9 Å². The third kappa shape index (κ3) is 4.41. The molecule has 0 aliphatic carbocycles. The second kappa shape index (κ2) is 7.38. The number of nitrogens with one attached hydrogen (secondary N) is 1. The molecule has 1 atom stereocenters. The van der Waals surface area contributed by atoms with Gasteiger partial charge in [-0.05, 0) is 43.5 Å². The molecule has 1 aromatic carbocycles. The SMILES string of the molecule is CC(CCN)CCC(=O)Nc1cc(Cl)cc2cccnc12. The van der Waals surface area contributed by atoms with Gasteiger partial charge in [0, 0.05) is 23.0 Å². The quantitative estimate of drug-likeness (QED) is 0.857. The first-order valence-corrected chi connectivity index (χ1v) is 7.52. The van der Waals surface area contributed by atoms with Crippen LogP contribution >= 0.6 is 11.6 Å². The van der Waals surface area contributed by atoms with Crippen LogP contribution in [0, 0.1) is 5.92 Å². The van der Waals surface area contributed by atoms with E-state index in [4.69, 9.17) is 17.3 Å². The molecule has 0 aliphatic rings. The number of nitrogens with zero attached hydrogens (tertiary/aromatic N) is 1. The zero-order chi connectivity index (χ0) is 15.2. The molecule has 21 heavy (non-hydrogen) atoms. The number of hydrogen-bond donors (Lipinski definition) is 2. The summed E-state index contributed by atoms with van der Waals surface area (Å²) in [6.45, 7) is 2.77. The van der Waals surface area contributed by atoms with E-state index in [1.807, 2.05) is 18.2 Å². The molecule has 1 unspecified atom stereocenters. The van der Waals surface area contributed by atoms with Crippen LogP contribution in [-0.2, 0) is 4.79 Å². The minimum Gasteiger partial charge on any atom is -0.330 e. The maximum Gasteiger partial charge on any atom is 0.224 e. The van der Waals surface area contributed by atoms with Gasteiger partial charge in [0.15, 0.2) is 0 Å². The zero-order valence-corrected chi connectivity index (χ0v) is 12.9. The summed E-state index contributed by atoms with van der Waals surface area (Å²) in [5.74, 6) is 0.433. The van der Waals surface area contributed by atoms with Gasteiger partial charge in [0.05, 0.1) is 11.2 Å². The fourth-order valence-electron chi connectivity index (χ4n) is 2.27. The molecule has 3 N–H and O–H groups in total. The normalized spacial score (nSPS) is 12.3. The molecule has 0 radical (unpaired) electrons. The van der Waals surface area contributed by atoms with Crippen LogP contribution in [0.4, 0.5) is 5.69 Å². The Bertz CT molecular complexity index is 630. The highest BCUT2D eigenvalue weighted by atomic mass is 35.5. The van der Waals surface area contributed by atoms with Crippen LogP contribution in [0.3, 0.4) is 0 Å². The number of carbonyl (C=O) groups is 1. The summed E-state index contributed by atoms with van der Waals surface area (Å²) < 4.78 is 0. The van der Waals surface area contributed by atoms with E-state index in [-0.39, 0.29) is 5.91 Å². The maximum absolute atomic E-state index is 12.1. The number of anilines is 1. The third-order valence-corrected chi connectivity index (χ3v) is 3.69. The van der Waals surface area contributed by atoms with Crippen molar-refractivity contribution in [1.82, 2.24) is 4.98 Å². The van der Waals surface area contributed by atoms with E-state index in [0.717, 1.165) is 23.7 Å². The van der Waals surface area contributed by atoms with Gasteiger partial charge in [-0.25, -0.2) is 0 Å². The molecule has 4 nitrogen and oxygen atoms in total.